The fourth-order valence-electron chi connectivity index (χ4n) is 4.40. The van der Waals surface area contributed by atoms with Crippen molar-refractivity contribution in [1.29, 1.82) is 0 Å². The van der Waals surface area contributed by atoms with Crippen LogP contribution in [-0.2, 0) is 17.6 Å². The van der Waals surface area contributed by atoms with Crippen molar-refractivity contribution in [3.05, 3.63) is 72.5 Å². The van der Waals surface area contributed by atoms with E-state index in [1.807, 2.05) is 6.92 Å². The van der Waals surface area contributed by atoms with Gasteiger partial charge in [-0.3, -0.25) is 0 Å². The minimum atomic E-state index is 0.726. The number of hydrogen-bond acceptors (Lipinski definition) is 2. The van der Waals surface area contributed by atoms with E-state index in [0.29, 0.717) is 0 Å². The van der Waals surface area contributed by atoms with Gasteiger partial charge in [0.05, 0.1) is 12.9 Å². The van der Waals surface area contributed by atoms with Gasteiger partial charge in [0.2, 0.25) is 0 Å². The van der Waals surface area contributed by atoms with E-state index in [1.54, 1.807) is 0 Å². The molecular formula is C34H54O2. The third-order valence-corrected chi connectivity index (χ3v) is 6.55. The molecule has 2 heteroatoms. The summed E-state index contributed by atoms with van der Waals surface area (Å²) in [5, 5.41) is 0. The molecule has 2 rings (SSSR count). The molecule has 0 aliphatic heterocycles. The minimum absolute atomic E-state index is 0.726. The molecule has 0 heterocycles. The van der Waals surface area contributed by atoms with E-state index >= 15 is 0 Å². The van der Waals surface area contributed by atoms with Gasteiger partial charge in [-0.05, 0) is 55.9 Å². The SMILES string of the molecule is C=COCC.CCCCCCCCCc1ccccc1Oc1ccccc1CCCCCCCCC. The van der Waals surface area contributed by atoms with Gasteiger partial charge >= 0.3 is 0 Å². The van der Waals surface area contributed by atoms with Crippen molar-refractivity contribution in [3.8, 4) is 11.5 Å². The Balaban J connectivity index is 0.00000118. The molecule has 0 radical (unpaired) electrons. The van der Waals surface area contributed by atoms with Gasteiger partial charge < -0.3 is 9.47 Å². The zero-order valence-corrected chi connectivity index (χ0v) is 23.7. The first-order valence-electron chi connectivity index (χ1n) is 14.8. The van der Waals surface area contributed by atoms with Crippen LogP contribution in [0.5, 0.6) is 11.5 Å². The molecule has 0 atom stereocenters. The molecule has 0 aliphatic carbocycles. The summed E-state index contributed by atoms with van der Waals surface area (Å²) < 4.78 is 11.1. The average Bonchev–Trinajstić information content (AvgIpc) is 2.90. The van der Waals surface area contributed by atoms with Crippen LogP contribution in [0.4, 0.5) is 0 Å². The average molecular weight is 495 g/mol. The number of para-hydroxylation sites is 2. The molecule has 0 aliphatic rings. The predicted octanol–water partition coefficient (Wildman–Crippen LogP) is 11.2. The molecule has 0 N–H and O–H groups in total. The number of benzene rings is 2. The van der Waals surface area contributed by atoms with Crippen molar-refractivity contribution >= 4 is 0 Å². The molecule has 0 bridgehead atoms. The highest BCUT2D eigenvalue weighted by Gasteiger charge is 2.08. The van der Waals surface area contributed by atoms with Gasteiger partial charge in [-0.15, -0.1) is 0 Å². The number of rotatable bonds is 20. The maximum Gasteiger partial charge on any atom is 0.130 e. The number of unbranched alkanes of at least 4 members (excludes halogenated alkanes) is 12. The molecule has 36 heavy (non-hydrogen) atoms. The second-order valence-corrected chi connectivity index (χ2v) is 9.68. The highest BCUT2D eigenvalue weighted by atomic mass is 16.5. The summed E-state index contributed by atoms with van der Waals surface area (Å²) in [5.41, 5.74) is 2.70. The Morgan fingerprint density at radius 1 is 0.556 bits per heavy atom. The molecule has 0 fully saturated rings. The first kappa shape index (κ1) is 31.8. The number of ether oxygens (including phenoxy) is 2. The highest BCUT2D eigenvalue weighted by molar-refractivity contribution is 5.41. The van der Waals surface area contributed by atoms with Crippen molar-refractivity contribution < 1.29 is 9.47 Å². The molecule has 2 nitrogen and oxygen atoms in total. The van der Waals surface area contributed by atoms with Crippen LogP contribution in [0.25, 0.3) is 0 Å². The Labute approximate surface area is 223 Å². The third kappa shape index (κ3) is 15.7. The van der Waals surface area contributed by atoms with Crippen molar-refractivity contribution in [2.75, 3.05) is 6.61 Å². The molecule has 0 aromatic heterocycles. The maximum absolute atomic E-state index is 6.46. The number of aryl methyl sites for hydroxylation is 2. The minimum Gasteiger partial charge on any atom is -0.502 e. The van der Waals surface area contributed by atoms with E-state index in [4.69, 9.17) is 4.74 Å². The van der Waals surface area contributed by atoms with E-state index in [1.165, 1.54) is 107 Å². The predicted molar refractivity (Wildman–Crippen MR) is 158 cm³/mol. The molecule has 0 saturated heterocycles. The third-order valence-electron chi connectivity index (χ3n) is 6.55. The summed E-state index contributed by atoms with van der Waals surface area (Å²) >= 11 is 0. The molecule has 0 unspecified atom stereocenters. The Morgan fingerprint density at radius 2 is 0.944 bits per heavy atom. The van der Waals surface area contributed by atoms with Crippen LogP contribution in [0.1, 0.15) is 122 Å². The lowest BCUT2D eigenvalue weighted by atomic mass is 10.0. The topological polar surface area (TPSA) is 18.5 Å². The summed E-state index contributed by atoms with van der Waals surface area (Å²) in [4.78, 5) is 0. The standard InChI is InChI=1S/C30H46O.C4H8O/c1-3-5-7-9-11-13-15-21-27-23-17-19-25-29(27)31-30-26-20-18-24-28(30)22-16-14-12-10-8-6-4-2;1-3-5-4-2/h17-20,23-26H,3-16,21-22H2,1-2H3;3H,1,4H2,2H3. The van der Waals surface area contributed by atoms with Crippen LogP contribution in [0.2, 0.25) is 0 Å². The van der Waals surface area contributed by atoms with E-state index in [-0.39, 0.29) is 0 Å². The van der Waals surface area contributed by atoms with Gasteiger partial charge in [0, 0.05) is 0 Å². The Hall–Kier alpha value is -2.22. The first-order valence-corrected chi connectivity index (χ1v) is 14.8. The molecular weight excluding hydrogens is 440 g/mol. The van der Waals surface area contributed by atoms with Crippen molar-refractivity contribution in [3.63, 3.8) is 0 Å². The lowest BCUT2D eigenvalue weighted by molar-refractivity contribution is 0.270. The normalized spacial score (nSPS) is 10.4. The van der Waals surface area contributed by atoms with Gasteiger partial charge in [-0.25, -0.2) is 0 Å². The smallest absolute Gasteiger partial charge is 0.130 e. The fourth-order valence-corrected chi connectivity index (χ4v) is 4.40. The van der Waals surface area contributed by atoms with Crippen LogP contribution in [0.3, 0.4) is 0 Å². The van der Waals surface area contributed by atoms with Gasteiger partial charge in [0.15, 0.2) is 0 Å². The van der Waals surface area contributed by atoms with Crippen molar-refractivity contribution in [2.45, 2.75) is 124 Å². The van der Waals surface area contributed by atoms with Crippen LogP contribution in [0, 0.1) is 0 Å². The molecule has 2 aromatic rings. The summed E-state index contributed by atoms with van der Waals surface area (Å²) in [7, 11) is 0. The van der Waals surface area contributed by atoms with Gasteiger partial charge in [0.1, 0.15) is 11.5 Å². The van der Waals surface area contributed by atoms with E-state index in [2.05, 4.69) is 73.7 Å². The number of hydrogen-bond donors (Lipinski definition) is 0. The fraction of sp³-hybridized carbons (Fsp3) is 0.588. The first-order chi connectivity index (χ1) is 17.8. The van der Waals surface area contributed by atoms with E-state index in [0.717, 1.165) is 30.9 Å². The van der Waals surface area contributed by atoms with Gasteiger partial charge in [0.25, 0.3) is 0 Å². The molecule has 0 amide bonds. The highest BCUT2D eigenvalue weighted by Crippen LogP contribution is 2.30. The van der Waals surface area contributed by atoms with Gasteiger partial charge in [-0.1, -0.05) is 134 Å². The molecule has 2 aromatic carbocycles. The second kappa shape index (κ2) is 23.2. The monoisotopic (exact) mass is 494 g/mol. The van der Waals surface area contributed by atoms with E-state index < -0.39 is 0 Å². The zero-order valence-electron chi connectivity index (χ0n) is 23.7. The lowest BCUT2D eigenvalue weighted by Gasteiger charge is -2.14. The lowest BCUT2D eigenvalue weighted by Crippen LogP contribution is -1.96. The Morgan fingerprint density at radius 3 is 1.31 bits per heavy atom. The molecule has 202 valence electrons. The maximum atomic E-state index is 6.46. The molecule has 0 saturated carbocycles. The second-order valence-electron chi connectivity index (χ2n) is 9.68. The quantitative estimate of drug-likeness (QED) is 0.135. The summed E-state index contributed by atoms with van der Waals surface area (Å²) in [6.07, 6.45) is 22.5. The summed E-state index contributed by atoms with van der Waals surface area (Å²) in [5.74, 6) is 2.08. The van der Waals surface area contributed by atoms with E-state index in [9.17, 15) is 0 Å². The van der Waals surface area contributed by atoms with Crippen LogP contribution >= 0.6 is 0 Å². The van der Waals surface area contributed by atoms with Gasteiger partial charge in [-0.2, -0.15) is 0 Å². The largest absolute Gasteiger partial charge is 0.502 e. The summed E-state index contributed by atoms with van der Waals surface area (Å²) in [6, 6.07) is 17.3. The van der Waals surface area contributed by atoms with Crippen molar-refractivity contribution in [2.24, 2.45) is 0 Å². The Kier molecular flexibility index (Phi) is 20.5. The van der Waals surface area contributed by atoms with Crippen LogP contribution < -0.4 is 4.74 Å². The van der Waals surface area contributed by atoms with Crippen molar-refractivity contribution in [1.82, 2.24) is 0 Å². The van der Waals surface area contributed by atoms with Crippen LogP contribution in [0.15, 0.2) is 61.4 Å². The Bertz CT molecular complexity index is 708. The van der Waals surface area contributed by atoms with Crippen LogP contribution in [-0.4, -0.2) is 6.61 Å². The zero-order chi connectivity index (χ0) is 26.1. The summed E-state index contributed by atoms with van der Waals surface area (Å²) in [6.45, 7) is 10.5. The molecule has 0 spiro atoms.